The van der Waals surface area contributed by atoms with E-state index >= 15 is 0 Å². The second-order valence-corrected chi connectivity index (χ2v) is 7.13. The van der Waals surface area contributed by atoms with Gasteiger partial charge in [0, 0.05) is 29.6 Å². The summed E-state index contributed by atoms with van der Waals surface area (Å²) >= 11 is 18.0. The molecule has 1 saturated heterocycles. The molecular formula is C18H15Cl3N2O2. The molecule has 1 aliphatic rings. The lowest BCUT2D eigenvalue weighted by atomic mass is 10.1. The van der Waals surface area contributed by atoms with Crippen LogP contribution < -0.4 is 10.2 Å². The summed E-state index contributed by atoms with van der Waals surface area (Å²) in [6.07, 6.45) is 0.148. The fraction of sp³-hybridized carbons (Fsp3) is 0.222. The first-order valence-corrected chi connectivity index (χ1v) is 8.85. The predicted octanol–water partition coefficient (Wildman–Crippen LogP) is 4.32. The standard InChI is InChI=1S/C18H15Cl3N2O2/c19-13-3-1-11(2-4-13)9-22-18(25)12-7-17(24)23(10-12)16-8-14(20)5-6-15(16)21/h1-6,8,12H,7,9-10H2,(H,22,25). The lowest BCUT2D eigenvalue weighted by Gasteiger charge is -2.18. The van der Waals surface area contributed by atoms with Crippen LogP contribution in [-0.2, 0) is 16.1 Å². The largest absolute Gasteiger partial charge is 0.352 e. The number of carbonyl (C=O) groups is 2. The molecule has 0 aliphatic carbocycles. The van der Waals surface area contributed by atoms with Gasteiger partial charge in [0.05, 0.1) is 16.6 Å². The third-order valence-corrected chi connectivity index (χ3v) is 4.88. The highest BCUT2D eigenvalue weighted by atomic mass is 35.5. The van der Waals surface area contributed by atoms with Crippen molar-refractivity contribution in [1.29, 1.82) is 0 Å². The fourth-order valence-electron chi connectivity index (χ4n) is 2.74. The van der Waals surface area contributed by atoms with Gasteiger partial charge in [0.1, 0.15) is 0 Å². The molecule has 1 fully saturated rings. The Kier molecular flexibility index (Phi) is 5.52. The molecule has 2 amide bonds. The Morgan fingerprint density at radius 2 is 1.76 bits per heavy atom. The molecule has 1 aliphatic heterocycles. The summed E-state index contributed by atoms with van der Waals surface area (Å²) in [6.45, 7) is 0.671. The zero-order chi connectivity index (χ0) is 18.0. The molecule has 3 rings (SSSR count). The molecule has 0 saturated carbocycles. The SMILES string of the molecule is O=C(NCc1ccc(Cl)cc1)C1CC(=O)N(c2cc(Cl)ccc2Cl)C1. The molecular weight excluding hydrogens is 383 g/mol. The van der Waals surface area contributed by atoms with Gasteiger partial charge in [0.15, 0.2) is 0 Å². The van der Waals surface area contributed by atoms with Crippen LogP contribution in [0.5, 0.6) is 0 Å². The Hall–Kier alpha value is -1.75. The smallest absolute Gasteiger partial charge is 0.227 e. The van der Waals surface area contributed by atoms with Crippen molar-refractivity contribution in [3.8, 4) is 0 Å². The van der Waals surface area contributed by atoms with E-state index in [-0.39, 0.29) is 24.8 Å². The van der Waals surface area contributed by atoms with Gasteiger partial charge in [-0.25, -0.2) is 0 Å². The summed E-state index contributed by atoms with van der Waals surface area (Å²) < 4.78 is 0. The molecule has 0 radical (unpaired) electrons. The minimum atomic E-state index is -0.421. The second kappa shape index (κ2) is 7.65. The van der Waals surface area contributed by atoms with Gasteiger partial charge >= 0.3 is 0 Å². The number of nitrogens with one attached hydrogen (secondary N) is 1. The zero-order valence-electron chi connectivity index (χ0n) is 13.1. The van der Waals surface area contributed by atoms with Crippen molar-refractivity contribution in [2.24, 2.45) is 5.92 Å². The van der Waals surface area contributed by atoms with Gasteiger partial charge in [-0.05, 0) is 35.9 Å². The highest BCUT2D eigenvalue weighted by Gasteiger charge is 2.35. The first-order chi connectivity index (χ1) is 11.9. The second-order valence-electron chi connectivity index (χ2n) is 5.85. The molecule has 25 heavy (non-hydrogen) atoms. The van der Waals surface area contributed by atoms with E-state index in [0.29, 0.717) is 27.3 Å². The van der Waals surface area contributed by atoms with Gasteiger partial charge in [-0.1, -0.05) is 46.9 Å². The molecule has 130 valence electrons. The maximum Gasteiger partial charge on any atom is 0.227 e. The number of halogens is 3. The van der Waals surface area contributed by atoms with E-state index in [1.165, 1.54) is 4.90 Å². The summed E-state index contributed by atoms with van der Waals surface area (Å²) in [5.74, 6) is -0.727. The maximum absolute atomic E-state index is 12.4. The zero-order valence-corrected chi connectivity index (χ0v) is 15.4. The highest BCUT2D eigenvalue weighted by molar-refractivity contribution is 6.36. The first kappa shape index (κ1) is 18.1. The molecule has 4 nitrogen and oxygen atoms in total. The van der Waals surface area contributed by atoms with Crippen LogP contribution in [-0.4, -0.2) is 18.4 Å². The summed E-state index contributed by atoms with van der Waals surface area (Å²) in [4.78, 5) is 26.2. The third-order valence-electron chi connectivity index (χ3n) is 4.07. The van der Waals surface area contributed by atoms with Crippen LogP contribution in [0.15, 0.2) is 42.5 Å². The summed E-state index contributed by atoms with van der Waals surface area (Å²) in [5.41, 5.74) is 1.48. The maximum atomic E-state index is 12.4. The summed E-state index contributed by atoms with van der Waals surface area (Å²) in [7, 11) is 0. The molecule has 1 N–H and O–H groups in total. The van der Waals surface area contributed by atoms with Gasteiger partial charge in [-0.3, -0.25) is 9.59 Å². The minimum Gasteiger partial charge on any atom is -0.352 e. The Morgan fingerprint density at radius 1 is 1.08 bits per heavy atom. The summed E-state index contributed by atoms with van der Waals surface area (Å²) in [5, 5.41) is 4.42. The van der Waals surface area contributed by atoms with Gasteiger partial charge in [-0.2, -0.15) is 0 Å². The van der Waals surface area contributed by atoms with Crippen LogP contribution in [0.4, 0.5) is 5.69 Å². The molecule has 1 heterocycles. The average Bonchev–Trinajstić information content (AvgIpc) is 2.98. The Balaban J connectivity index is 1.64. The number of rotatable bonds is 4. The average molecular weight is 398 g/mol. The number of anilines is 1. The first-order valence-electron chi connectivity index (χ1n) is 7.71. The Bertz CT molecular complexity index is 808. The number of hydrogen-bond donors (Lipinski definition) is 1. The van der Waals surface area contributed by atoms with Crippen molar-refractivity contribution < 1.29 is 9.59 Å². The Morgan fingerprint density at radius 3 is 2.48 bits per heavy atom. The molecule has 0 spiro atoms. The van der Waals surface area contributed by atoms with E-state index in [1.807, 2.05) is 12.1 Å². The fourth-order valence-corrected chi connectivity index (χ4v) is 3.26. The molecule has 1 atom stereocenters. The van der Waals surface area contributed by atoms with Crippen LogP contribution in [0.25, 0.3) is 0 Å². The highest BCUT2D eigenvalue weighted by Crippen LogP contribution is 2.33. The van der Waals surface area contributed by atoms with E-state index in [4.69, 9.17) is 34.8 Å². The van der Waals surface area contributed by atoms with Crippen molar-refractivity contribution in [3.05, 3.63) is 63.1 Å². The van der Waals surface area contributed by atoms with Crippen molar-refractivity contribution in [3.63, 3.8) is 0 Å². The molecule has 0 aromatic heterocycles. The monoisotopic (exact) mass is 396 g/mol. The van der Waals surface area contributed by atoms with Crippen LogP contribution in [0.2, 0.25) is 15.1 Å². The topological polar surface area (TPSA) is 49.4 Å². The van der Waals surface area contributed by atoms with Crippen LogP contribution >= 0.6 is 34.8 Å². The van der Waals surface area contributed by atoms with Crippen molar-refractivity contribution in [2.45, 2.75) is 13.0 Å². The third kappa shape index (κ3) is 4.27. The van der Waals surface area contributed by atoms with E-state index in [2.05, 4.69) is 5.32 Å². The van der Waals surface area contributed by atoms with E-state index in [1.54, 1.807) is 30.3 Å². The lowest BCUT2D eigenvalue weighted by molar-refractivity contribution is -0.126. The molecule has 0 bridgehead atoms. The predicted molar refractivity (Wildman–Crippen MR) is 100 cm³/mol. The normalized spacial score (nSPS) is 17.0. The van der Waals surface area contributed by atoms with Crippen molar-refractivity contribution in [1.82, 2.24) is 5.32 Å². The van der Waals surface area contributed by atoms with Gasteiger partial charge < -0.3 is 10.2 Å². The quantitative estimate of drug-likeness (QED) is 0.835. The molecule has 2 aromatic carbocycles. The molecule has 1 unspecified atom stereocenters. The number of nitrogens with zero attached hydrogens (tertiary/aromatic N) is 1. The number of hydrogen-bond acceptors (Lipinski definition) is 2. The molecule has 2 aromatic rings. The lowest BCUT2D eigenvalue weighted by Crippen LogP contribution is -2.32. The number of carbonyl (C=O) groups excluding carboxylic acids is 2. The van der Waals surface area contributed by atoms with E-state index < -0.39 is 5.92 Å². The van der Waals surface area contributed by atoms with Crippen LogP contribution in [0, 0.1) is 5.92 Å². The molecule has 7 heteroatoms. The minimum absolute atomic E-state index is 0.143. The number of amides is 2. The summed E-state index contributed by atoms with van der Waals surface area (Å²) in [6, 6.07) is 12.2. The van der Waals surface area contributed by atoms with Gasteiger partial charge in [0.25, 0.3) is 0 Å². The van der Waals surface area contributed by atoms with Crippen molar-refractivity contribution >= 4 is 52.3 Å². The van der Waals surface area contributed by atoms with Crippen LogP contribution in [0.3, 0.4) is 0 Å². The van der Waals surface area contributed by atoms with Gasteiger partial charge in [0.2, 0.25) is 11.8 Å². The van der Waals surface area contributed by atoms with Crippen molar-refractivity contribution in [2.75, 3.05) is 11.4 Å². The van der Waals surface area contributed by atoms with E-state index in [9.17, 15) is 9.59 Å². The van der Waals surface area contributed by atoms with Gasteiger partial charge in [-0.15, -0.1) is 0 Å². The number of benzene rings is 2. The van der Waals surface area contributed by atoms with E-state index in [0.717, 1.165) is 5.56 Å². The Labute approximate surface area is 160 Å². The van der Waals surface area contributed by atoms with Crippen LogP contribution in [0.1, 0.15) is 12.0 Å².